The molecule has 4 heterocycles. The highest BCUT2D eigenvalue weighted by atomic mass is 16.5. The predicted octanol–water partition coefficient (Wildman–Crippen LogP) is 2.80. The van der Waals surface area contributed by atoms with E-state index in [1.165, 1.54) is 6.20 Å². The molecule has 1 aromatic carbocycles. The van der Waals surface area contributed by atoms with Gasteiger partial charge in [0, 0.05) is 43.6 Å². The van der Waals surface area contributed by atoms with Gasteiger partial charge >= 0.3 is 0 Å². The van der Waals surface area contributed by atoms with Crippen LogP contribution < -0.4 is 5.43 Å². The van der Waals surface area contributed by atoms with Crippen LogP contribution in [0.4, 0.5) is 0 Å². The van der Waals surface area contributed by atoms with Crippen molar-refractivity contribution in [2.24, 2.45) is 0 Å². The van der Waals surface area contributed by atoms with E-state index in [4.69, 9.17) is 4.52 Å². The molecule has 9 nitrogen and oxygen atoms in total. The summed E-state index contributed by atoms with van der Waals surface area (Å²) in [4.78, 5) is 41.7. The summed E-state index contributed by atoms with van der Waals surface area (Å²) in [6, 6.07) is 13.1. The van der Waals surface area contributed by atoms with E-state index in [2.05, 4.69) is 25.0 Å². The van der Waals surface area contributed by atoms with Gasteiger partial charge in [-0.15, -0.1) is 0 Å². The highest BCUT2D eigenvalue weighted by Crippen LogP contribution is 2.23. The zero-order valence-corrected chi connectivity index (χ0v) is 18.5. The first-order valence-corrected chi connectivity index (χ1v) is 10.9. The monoisotopic (exact) mass is 444 g/mol. The van der Waals surface area contributed by atoms with E-state index >= 15 is 0 Å². The number of nitrogens with zero attached hydrogens (tertiary/aromatic N) is 5. The van der Waals surface area contributed by atoms with Crippen LogP contribution in [-0.4, -0.2) is 62.0 Å². The van der Waals surface area contributed by atoms with Gasteiger partial charge in [-0.25, -0.2) is 4.98 Å². The summed E-state index contributed by atoms with van der Waals surface area (Å²) in [5.74, 6) is 0.837. The zero-order chi connectivity index (χ0) is 22.9. The van der Waals surface area contributed by atoms with Gasteiger partial charge in [0.05, 0.1) is 11.4 Å². The van der Waals surface area contributed by atoms with Crippen LogP contribution in [0.15, 0.2) is 58.0 Å². The fraction of sp³-hybridized carbons (Fsp3) is 0.292. The van der Waals surface area contributed by atoms with E-state index in [0.29, 0.717) is 48.9 Å². The molecule has 1 N–H and O–H groups in total. The number of nitrogens with one attached hydrogen (secondary N) is 1. The second-order valence-electron chi connectivity index (χ2n) is 8.21. The van der Waals surface area contributed by atoms with Gasteiger partial charge in [-0.05, 0) is 26.0 Å². The molecule has 1 unspecified atom stereocenters. The molecule has 168 valence electrons. The maximum absolute atomic E-state index is 13.1. The van der Waals surface area contributed by atoms with Crippen LogP contribution in [0.2, 0.25) is 0 Å². The van der Waals surface area contributed by atoms with E-state index < -0.39 is 0 Å². The van der Waals surface area contributed by atoms with E-state index in [1.54, 1.807) is 17.0 Å². The number of benzene rings is 1. The highest BCUT2D eigenvalue weighted by Gasteiger charge is 2.29. The molecular formula is C24H24N6O3. The molecule has 0 radical (unpaired) electrons. The fourth-order valence-corrected chi connectivity index (χ4v) is 4.11. The van der Waals surface area contributed by atoms with Crippen LogP contribution in [0.3, 0.4) is 0 Å². The minimum Gasteiger partial charge on any atom is -0.345 e. The Bertz CT molecular complexity index is 1360. The summed E-state index contributed by atoms with van der Waals surface area (Å²) < 4.78 is 5.51. The Labute approximate surface area is 190 Å². The first-order chi connectivity index (χ1) is 16.0. The SMILES string of the molecule is Cc1ccc2c(=O)c(C(=O)N3CCN(C(C)c4nc(-c5ccccc5)no4)CC3)c[nH]c2n1. The summed E-state index contributed by atoms with van der Waals surface area (Å²) in [6.45, 7) is 6.17. The lowest BCUT2D eigenvalue weighted by molar-refractivity contribution is 0.0550. The Kier molecular flexibility index (Phi) is 5.47. The molecule has 4 aromatic rings. The van der Waals surface area contributed by atoms with Crippen molar-refractivity contribution in [3.63, 3.8) is 0 Å². The van der Waals surface area contributed by atoms with Crippen molar-refractivity contribution in [3.8, 4) is 11.4 Å². The van der Waals surface area contributed by atoms with Crippen molar-refractivity contribution in [3.05, 3.63) is 76.0 Å². The van der Waals surface area contributed by atoms with Gasteiger partial charge in [-0.3, -0.25) is 14.5 Å². The quantitative estimate of drug-likeness (QED) is 0.516. The third-order valence-electron chi connectivity index (χ3n) is 6.09. The van der Waals surface area contributed by atoms with E-state index in [1.807, 2.05) is 44.2 Å². The summed E-state index contributed by atoms with van der Waals surface area (Å²) in [5.41, 5.74) is 2.04. The number of aryl methyl sites for hydroxylation is 1. The van der Waals surface area contributed by atoms with Crippen LogP contribution in [0.5, 0.6) is 0 Å². The Morgan fingerprint density at radius 2 is 1.82 bits per heavy atom. The lowest BCUT2D eigenvalue weighted by Gasteiger charge is -2.36. The highest BCUT2D eigenvalue weighted by molar-refractivity contribution is 5.96. The van der Waals surface area contributed by atoms with Gasteiger partial charge in [0.25, 0.3) is 5.91 Å². The second-order valence-corrected chi connectivity index (χ2v) is 8.21. The number of hydrogen-bond donors (Lipinski definition) is 1. The fourth-order valence-electron chi connectivity index (χ4n) is 4.11. The first kappa shape index (κ1) is 21.0. The third-order valence-corrected chi connectivity index (χ3v) is 6.09. The molecule has 0 spiro atoms. The van der Waals surface area contributed by atoms with Crippen LogP contribution in [-0.2, 0) is 0 Å². The topological polar surface area (TPSA) is 108 Å². The molecule has 1 amide bonds. The number of carbonyl (C=O) groups excluding carboxylic acids is 1. The van der Waals surface area contributed by atoms with E-state index in [-0.39, 0.29) is 22.9 Å². The molecule has 1 saturated heterocycles. The predicted molar refractivity (Wildman–Crippen MR) is 123 cm³/mol. The summed E-state index contributed by atoms with van der Waals surface area (Å²) >= 11 is 0. The van der Waals surface area contributed by atoms with Crippen molar-refractivity contribution in [1.29, 1.82) is 0 Å². The van der Waals surface area contributed by atoms with Crippen molar-refractivity contribution in [2.45, 2.75) is 19.9 Å². The molecule has 9 heteroatoms. The number of hydrogen-bond acceptors (Lipinski definition) is 7. The van der Waals surface area contributed by atoms with Crippen LogP contribution in [0.1, 0.15) is 34.9 Å². The number of carbonyl (C=O) groups is 1. The summed E-state index contributed by atoms with van der Waals surface area (Å²) in [5, 5.41) is 4.53. The zero-order valence-electron chi connectivity index (χ0n) is 18.5. The van der Waals surface area contributed by atoms with Gasteiger partial charge in [0.2, 0.25) is 17.1 Å². The van der Waals surface area contributed by atoms with Crippen LogP contribution in [0, 0.1) is 6.92 Å². The van der Waals surface area contributed by atoms with Gasteiger partial charge in [-0.2, -0.15) is 4.98 Å². The molecule has 33 heavy (non-hydrogen) atoms. The van der Waals surface area contributed by atoms with Crippen molar-refractivity contribution in [1.82, 2.24) is 29.9 Å². The van der Waals surface area contributed by atoms with Gasteiger partial charge in [0.15, 0.2) is 0 Å². The minimum absolute atomic E-state index is 0.0781. The van der Waals surface area contributed by atoms with Gasteiger partial charge in [0.1, 0.15) is 11.2 Å². The van der Waals surface area contributed by atoms with Crippen LogP contribution >= 0.6 is 0 Å². The van der Waals surface area contributed by atoms with E-state index in [0.717, 1.165) is 11.3 Å². The smallest absolute Gasteiger partial charge is 0.259 e. The van der Waals surface area contributed by atoms with E-state index in [9.17, 15) is 9.59 Å². The Morgan fingerprint density at radius 1 is 1.06 bits per heavy atom. The second kappa shape index (κ2) is 8.59. The molecule has 0 bridgehead atoms. The number of piperazine rings is 1. The summed E-state index contributed by atoms with van der Waals surface area (Å²) in [6.07, 6.45) is 1.47. The Balaban J connectivity index is 1.26. The Hall–Kier alpha value is -3.85. The average Bonchev–Trinajstić information content (AvgIpc) is 3.34. The minimum atomic E-state index is -0.295. The standard InChI is InChI=1S/C24H24N6O3/c1-15-8-9-18-20(31)19(14-25-22(18)26-15)24(32)30-12-10-29(11-13-30)16(2)23-27-21(28-33-23)17-6-4-3-5-7-17/h3-9,14,16H,10-13H2,1-2H3,(H,25,26,31). The molecule has 1 fully saturated rings. The average molecular weight is 444 g/mol. The van der Waals surface area contributed by atoms with Crippen molar-refractivity contribution >= 4 is 16.9 Å². The number of H-pyrrole nitrogens is 1. The molecular weight excluding hydrogens is 420 g/mol. The maximum atomic E-state index is 13.1. The molecule has 1 aliphatic rings. The number of rotatable bonds is 4. The maximum Gasteiger partial charge on any atom is 0.259 e. The van der Waals surface area contributed by atoms with Gasteiger partial charge < -0.3 is 14.4 Å². The lowest BCUT2D eigenvalue weighted by atomic mass is 10.1. The number of amides is 1. The normalized spacial score (nSPS) is 15.6. The third kappa shape index (κ3) is 4.03. The first-order valence-electron chi connectivity index (χ1n) is 10.9. The Morgan fingerprint density at radius 3 is 2.58 bits per heavy atom. The number of aromatic amines is 1. The largest absolute Gasteiger partial charge is 0.345 e. The number of fused-ring (bicyclic) bond motifs is 1. The molecule has 5 rings (SSSR count). The molecule has 1 atom stereocenters. The molecule has 3 aromatic heterocycles. The van der Waals surface area contributed by atoms with Gasteiger partial charge in [-0.1, -0.05) is 35.5 Å². The van der Waals surface area contributed by atoms with Crippen molar-refractivity contribution < 1.29 is 9.32 Å². The molecule has 1 aliphatic heterocycles. The van der Waals surface area contributed by atoms with Crippen LogP contribution in [0.25, 0.3) is 22.4 Å². The number of pyridine rings is 2. The summed E-state index contributed by atoms with van der Waals surface area (Å²) in [7, 11) is 0. The molecule has 0 saturated carbocycles. The van der Waals surface area contributed by atoms with Crippen molar-refractivity contribution in [2.75, 3.05) is 26.2 Å². The lowest BCUT2D eigenvalue weighted by Crippen LogP contribution is -2.50. The number of aromatic nitrogens is 4. The molecule has 0 aliphatic carbocycles.